The Hall–Kier alpha value is -0.0400. The molecule has 0 radical (unpaired) electrons. The molecular weight excluding hydrogens is 148 g/mol. The highest BCUT2D eigenvalue weighted by molar-refractivity contribution is 4.71. The van der Waals surface area contributed by atoms with Gasteiger partial charge in [-0.2, -0.15) is 0 Å². The summed E-state index contributed by atoms with van der Waals surface area (Å²) in [5.41, 5.74) is 0. The Kier molecular flexibility index (Phi) is 4.07. The summed E-state index contributed by atoms with van der Waals surface area (Å²) in [6.07, 6.45) is 7.95. The summed E-state index contributed by atoms with van der Waals surface area (Å²) < 4.78 is 0. The van der Waals surface area contributed by atoms with Crippen molar-refractivity contribution in [1.82, 2.24) is 0 Å². The van der Waals surface area contributed by atoms with E-state index in [0.29, 0.717) is 5.92 Å². The monoisotopic (exact) mass is 170 g/mol. The zero-order valence-corrected chi connectivity index (χ0v) is 8.42. The van der Waals surface area contributed by atoms with Gasteiger partial charge in [0.15, 0.2) is 0 Å². The molecule has 2 aliphatic carbocycles. The van der Waals surface area contributed by atoms with Gasteiger partial charge in [0.25, 0.3) is 0 Å². The molecule has 2 unspecified atom stereocenters. The fourth-order valence-corrected chi connectivity index (χ4v) is 1.74. The van der Waals surface area contributed by atoms with Crippen LogP contribution in [-0.4, -0.2) is 11.2 Å². The van der Waals surface area contributed by atoms with Crippen molar-refractivity contribution < 1.29 is 5.11 Å². The van der Waals surface area contributed by atoms with Gasteiger partial charge in [-0.25, -0.2) is 0 Å². The highest BCUT2D eigenvalue weighted by atomic mass is 16.3. The normalized spacial score (nSPS) is 35.2. The van der Waals surface area contributed by atoms with E-state index in [4.69, 9.17) is 5.11 Å². The Labute approximate surface area is 76.2 Å². The minimum Gasteiger partial charge on any atom is -0.393 e. The van der Waals surface area contributed by atoms with E-state index in [1.54, 1.807) is 0 Å². The lowest BCUT2D eigenvalue weighted by Crippen LogP contribution is -2.07. The minimum absolute atomic E-state index is 0.0139. The Morgan fingerprint density at radius 2 is 1.42 bits per heavy atom. The van der Waals surface area contributed by atoms with Crippen molar-refractivity contribution >= 4 is 0 Å². The standard InChI is InChI=1S/C6H12O.C5H10/c1-5-3-2-4-6(5)7;1-5-3-2-4-5/h5-7H,2-4H2,1H3;5H,2-4H2,1H3. The van der Waals surface area contributed by atoms with E-state index in [9.17, 15) is 0 Å². The van der Waals surface area contributed by atoms with Gasteiger partial charge in [0.2, 0.25) is 0 Å². The van der Waals surface area contributed by atoms with Gasteiger partial charge in [0, 0.05) is 0 Å². The van der Waals surface area contributed by atoms with E-state index in [-0.39, 0.29) is 6.10 Å². The Balaban J connectivity index is 0.000000127. The summed E-state index contributed by atoms with van der Waals surface area (Å²) in [5, 5.41) is 9.00. The maximum atomic E-state index is 9.00. The molecule has 12 heavy (non-hydrogen) atoms. The first-order valence-electron chi connectivity index (χ1n) is 5.38. The number of hydrogen-bond acceptors (Lipinski definition) is 1. The second kappa shape index (κ2) is 4.86. The fourth-order valence-electron chi connectivity index (χ4n) is 1.74. The molecule has 0 amide bonds. The average Bonchev–Trinajstić information content (AvgIpc) is 2.34. The number of aliphatic hydroxyl groups excluding tert-OH is 1. The molecular formula is C11H22O. The van der Waals surface area contributed by atoms with Gasteiger partial charge in [-0.3, -0.25) is 0 Å². The minimum atomic E-state index is 0.0139. The molecule has 0 saturated heterocycles. The molecule has 0 aliphatic heterocycles. The second-order valence-electron chi connectivity index (χ2n) is 4.51. The molecule has 1 nitrogen and oxygen atoms in total. The Morgan fingerprint density at radius 1 is 0.917 bits per heavy atom. The molecule has 72 valence electrons. The van der Waals surface area contributed by atoms with E-state index in [1.165, 1.54) is 32.1 Å². The molecule has 0 bridgehead atoms. The van der Waals surface area contributed by atoms with E-state index < -0.39 is 0 Å². The highest BCUT2D eigenvalue weighted by Gasteiger charge is 2.19. The van der Waals surface area contributed by atoms with E-state index in [2.05, 4.69) is 13.8 Å². The predicted octanol–water partition coefficient (Wildman–Crippen LogP) is 2.97. The van der Waals surface area contributed by atoms with Gasteiger partial charge in [0.05, 0.1) is 6.10 Å². The van der Waals surface area contributed by atoms with Crippen LogP contribution >= 0.6 is 0 Å². The van der Waals surface area contributed by atoms with Crippen LogP contribution < -0.4 is 0 Å². The molecule has 2 atom stereocenters. The van der Waals surface area contributed by atoms with Crippen LogP contribution in [0.1, 0.15) is 52.4 Å². The SMILES string of the molecule is CC1CCC1.CC1CCCC1O. The summed E-state index contributed by atoms with van der Waals surface area (Å²) >= 11 is 0. The van der Waals surface area contributed by atoms with Crippen LogP contribution in [0.3, 0.4) is 0 Å². The second-order valence-corrected chi connectivity index (χ2v) is 4.51. The molecule has 0 aromatic heterocycles. The first kappa shape index (κ1) is 10.0. The summed E-state index contributed by atoms with van der Waals surface area (Å²) in [6, 6.07) is 0. The van der Waals surface area contributed by atoms with Gasteiger partial charge in [-0.1, -0.05) is 39.5 Å². The van der Waals surface area contributed by atoms with Crippen molar-refractivity contribution in [2.24, 2.45) is 11.8 Å². The quantitative estimate of drug-likeness (QED) is 0.592. The van der Waals surface area contributed by atoms with Crippen LogP contribution in [-0.2, 0) is 0 Å². The van der Waals surface area contributed by atoms with Crippen molar-refractivity contribution in [1.29, 1.82) is 0 Å². The third-order valence-corrected chi connectivity index (χ3v) is 3.21. The van der Waals surface area contributed by atoms with Crippen LogP contribution in [0.4, 0.5) is 0 Å². The van der Waals surface area contributed by atoms with Gasteiger partial charge in [0.1, 0.15) is 0 Å². The molecule has 2 fully saturated rings. The van der Waals surface area contributed by atoms with Crippen molar-refractivity contribution in [2.45, 2.75) is 58.5 Å². The van der Waals surface area contributed by atoms with Crippen LogP contribution in [0.5, 0.6) is 0 Å². The summed E-state index contributed by atoms with van der Waals surface area (Å²) in [5.74, 6) is 1.63. The third kappa shape index (κ3) is 3.14. The first-order valence-corrected chi connectivity index (χ1v) is 5.38. The van der Waals surface area contributed by atoms with E-state index in [1.807, 2.05) is 0 Å². The zero-order valence-electron chi connectivity index (χ0n) is 8.42. The van der Waals surface area contributed by atoms with Gasteiger partial charge < -0.3 is 5.11 Å². The lowest BCUT2D eigenvalue weighted by molar-refractivity contribution is 0.141. The maximum Gasteiger partial charge on any atom is 0.0565 e. The fraction of sp³-hybridized carbons (Fsp3) is 1.00. The summed E-state index contributed by atoms with van der Waals surface area (Å²) in [4.78, 5) is 0. The van der Waals surface area contributed by atoms with Gasteiger partial charge >= 0.3 is 0 Å². The molecule has 2 aliphatic rings. The van der Waals surface area contributed by atoms with Crippen LogP contribution in [0.15, 0.2) is 0 Å². The smallest absolute Gasteiger partial charge is 0.0565 e. The third-order valence-electron chi connectivity index (χ3n) is 3.21. The number of aliphatic hydroxyl groups is 1. The van der Waals surface area contributed by atoms with Crippen molar-refractivity contribution in [3.63, 3.8) is 0 Å². The van der Waals surface area contributed by atoms with Gasteiger partial charge in [-0.15, -0.1) is 0 Å². The molecule has 1 N–H and O–H groups in total. The molecule has 0 spiro atoms. The van der Waals surface area contributed by atoms with Crippen LogP contribution in [0.25, 0.3) is 0 Å². The van der Waals surface area contributed by atoms with Crippen molar-refractivity contribution in [2.75, 3.05) is 0 Å². The molecule has 0 aromatic carbocycles. The average molecular weight is 170 g/mol. The van der Waals surface area contributed by atoms with Crippen molar-refractivity contribution in [3.8, 4) is 0 Å². The maximum absolute atomic E-state index is 9.00. The lowest BCUT2D eigenvalue weighted by atomic mass is 9.88. The molecule has 0 heterocycles. The Bertz CT molecular complexity index is 110. The lowest BCUT2D eigenvalue weighted by Gasteiger charge is -2.18. The molecule has 2 rings (SSSR count). The topological polar surface area (TPSA) is 20.2 Å². The van der Waals surface area contributed by atoms with Crippen LogP contribution in [0.2, 0.25) is 0 Å². The number of hydrogen-bond donors (Lipinski definition) is 1. The van der Waals surface area contributed by atoms with E-state index in [0.717, 1.165) is 12.3 Å². The largest absolute Gasteiger partial charge is 0.393 e. The first-order chi connectivity index (χ1) is 5.70. The molecule has 2 saturated carbocycles. The molecule has 1 heteroatoms. The Morgan fingerprint density at radius 3 is 1.50 bits per heavy atom. The summed E-state index contributed by atoms with van der Waals surface area (Å²) in [6.45, 7) is 4.42. The summed E-state index contributed by atoms with van der Waals surface area (Å²) in [7, 11) is 0. The van der Waals surface area contributed by atoms with E-state index >= 15 is 0 Å². The number of rotatable bonds is 0. The molecule has 0 aromatic rings. The zero-order chi connectivity index (χ0) is 8.97. The van der Waals surface area contributed by atoms with Crippen molar-refractivity contribution in [3.05, 3.63) is 0 Å². The highest BCUT2D eigenvalue weighted by Crippen LogP contribution is 2.24. The predicted molar refractivity (Wildman–Crippen MR) is 52.0 cm³/mol. The van der Waals surface area contributed by atoms with Crippen LogP contribution in [0, 0.1) is 11.8 Å². The van der Waals surface area contributed by atoms with Gasteiger partial charge in [-0.05, 0) is 24.7 Å².